The number of rotatable bonds is 5. The Hall–Kier alpha value is -3.45. The van der Waals surface area contributed by atoms with Crippen LogP contribution in [0.15, 0.2) is 67.0 Å². The highest BCUT2D eigenvalue weighted by molar-refractivity contribution is 5.87. The Morgan fingerprint density at radius 3 is 2.67 bits per heavy atom. The van der Waals surface area contributed by atoms with Crippen LogP contribution in [0.1, 0.15) is 11.6 Å². The van der Waals surface area contributed by atoms with Gasteiger partial charge in [0.25, 0.3) is 5.91 Å². The van der Waals surface area contributed by atoms with Crippen molar-refractivity contribution < 1.29 is 10.0 Å². The lowest BCUT2D eigenvalue weighted by Gasteiger charge is -2.17. The van der Waals surface area contributed by atoms with Gasteiger partial charge in [0.05, 0.1) is 17.4 Å². The summed E-state index contributed by atoms with van der Waals surface area (Å²) in [6.07, 6.45) is 3.91. The average molecular weight is 361 g/mol. The lowest BCUT2D eigenvalue weighted by atomic mass is 10.0. The van der Waals surface area contributed by atoms with Crippen molar-refractivity contribution in [3.05, 3.63) is 72.6 Å². The first kappa shape index (κ1) is 17.0. The zero-order valence-corrected chi connectivity index (χ0v) is 14.8. The molecule has 0 saturated heterocycles. The third kappa shape index (κ3) is 3.20. The summed E-state index contributed by atoms with van der Waals surface area (Å²) in [5, 5.41) is 18.7. The van der Waals surface area contributed by atoms with E-state index in [1.807, 2.05) is 66.3 Å². The van der Waals surface area contributed by atoms with Crippen LogP contribution in [0.4, 0.5) is 0 Å². The van der Waals surface area contributed by atoms with Gasteiger partial charge < -0.3 is 0 Å². The van der Waals surface area contributed by atoms with E-state index in [1.54, 1.807) is 22.6 Å². The van der Waals surface area contributed by atoms with Crippen molar-refractivity contribution in [1.82, 2.24) is 25.0 Å². The molecule has 0 fully saturated rings. The molecule has 7 heteroatoms. The summed E-state index contributed by atoms with van der Waals surface area (Å²) in [5.41, 5.74) is 5.60. The molecule has 0 aliphatic rings. The maximum absolute atomic E-state index is 12.3. The van der Waals surface area contributed by atoms with Crippen molar-refractivity contribution >= 4 is 16.8 Å². The van der Waals surface area contributed by atoms with Gasteiger partial charge in [0.2, 0.25) is 0 Å². The molecule has 136 valence electrons. The first-order valence-corrected chi connectivity index (χ1v) is 8.61. The molecule has 4 rings (SSSR count). The molecular weight excluding hydrogens is 342 g/mol. The lowest BCUT2D eigenvalue weighted by molar-refractivity contribution is -0.132. The molecule has 2 aromatic heterocycles. The molecule has 0 radical (unpaired) electrons. The number of carbonyl (C=O) groups excluding carboxylic acids is 1. The summed E-state index contributed by atoms with van der Waals surface area (Å²) in [4.78, 5) is 12.3. The molecule has 1 unspecified atom stereocenters. The molecular formula is C20H19N5O2. The summed E-state index contributed by atoms with van der Waals surface area (Å²) in [5.74, 6) is -0.500. The van der Waals surface area contributed by atoms with Crippen molar-refractivity contribution in [2.45, 2.75) is 12.5 Å². The molecule has 4 aromatic rings. The molecule has 0 spiro atoms. The second-order valence-corrected chi connectivity index (χ2v) is 6.38. The predicted octanol–water partition coefficient (Wildman–Crippen LogP) is 2.73. The third-order valence-electron chi connectivity index (χ3n) is 4.69. The minimum absolute atomic E-state index is 0.424. The molecule has 0 saturated carbocycles. The van der Waals surface area contributed by atoms with E-state index < -0.39 is 11.9 Å². The van der Waals surface area contributed by atoms with E-state index in [1.165, 1.54) is 0 Å². The molecule has 2 heterocycles. The van der Waals surface area contributed by atoms with Crippen LogP contribution >= 0.6 is 0 Å². The Labute approximate surface area is 155 Å². The van der Waals surface area contributed by atoms with Crippen molar-refractivity contribution in [2.24, 2.45) is 7.05 Å². The highest BCUT2D eigenvalue weighted by Gasteiger charge is 2.23. The molecule has 1 atom stereocenters. The van der Waals surface area contributed by atoms with Gasteiger partial charge in [-0.3, -0.25) is 19.4 Å². The highest BCUT2D eigenvalue weighted by atomic mass is 16.5. The van der Waals surface area contributed by atoms with E-state index in [4.69, 9.17) is 0 Å². The number of hydrogen-bond donors (Lipinski definition) is 2. The summed E-state index contributed by atoms with van der Waals surface area (Å²) in [6, 6.07) is 16.9. The minimum atomic E-state index is -0.655. The number of amides is 1. The fourth-order valence-corrected chi connectivity index (χ4v) is 3.32. The zero-order valence-electron chi connectivity index (χ0n) is 14.8. The number of hydroxylamine groups is 1. The Kier molecular flexibility index (Phi) is 4.43. The van der Waals surface area contributed by atoms with E-state index in [2.05, 4.69) is 10.2 Å². The number of aryl methyl sites for hydroxylation is 1. The van der Waals surface area contributed by atoms with E-state index in [0.717, 1.165) is 27.7 Å². The number of carbonyl (C=O) groups is 1. The molecule has 0 aliphatic carbocycles. The first-order valence-electron chi connectivity index (χ1n) is 8.61. The fourth-order valence-electron chi connectivity index (χ4n) is 3.32. The van der Waals surface area contributed by atoms with Gasteiger partial charge in [-0.05, 0) is 23.8 Å². The summed E-state index contributed by atoms with van der Waals surface area (Å²) < 4.78 is 3.46. The van der Waals surface area contributed by atoms with E-state index in [9.17, 15) is 10.0 Å². The maximum Gasteiger partial charge on any atom is 0.268 e. The average Bonchev–Trinajstić information content (AvgIpc) is 3.32. The van der Waals surface area contributed by atoms with Gasteiger partial charge >= 0.3 is 0 Å². The van der Waals surface area contributed by atoms with Gasteiger partial charge in [-0.15, -0.1) is 0 Å². The van der Waals surface area contributed by atoms with Gasteiger partial charge in [0.1, 0.15) is 6.04 Å². The van der Waals surface area contributed by atoms with Crippen molar-refractivity contribution in [3.8, 4) is 11.3 Å². The third-order valence-corrected chi connectivity index (χ3v) is 4.69. The highest BCUT2D eigenvalue weighted by Crippen LogP contribution is 2.26. The number of benzene rings is 2. The Bertz CT molecular complexity index is 1080. The number of nitrogens with one attached hydrogen (secondary N) is 1. The van der Waals surface area contributed by atoms with Gasteiger partial charge in [0, 0.05) is 30.6 Å². The number of fused-ring (bicyclic) bond motifs is 1. The van der Waals surface area contributed by atoms with Gasteiger partial charge in [-0.2, -0.15) is 10.2 Å². The van der Waals surface area contributed by atoms with Crippen LogP contribution in [-0.2, 0) is 18.3 Å². The normalized spacial score (nSPS) is 12.2. The Morgan fingerprint density at radius 2 is 1.96 bits per heavy atom. The molecule has 0 aliphatic heterocycles. The quantitative estimate of drug-likeness (QED) is 0.423. The number of nitrogens with zero attached hydrogens (tertiary/aromatic N) is 4. The molecule has 1 amide bonds. The topological polar surface area (TPSA) is 85.0 Å². The van der Waals surface area contributed by atoms with E-state index >= 15 is 0 Å². The molecule has 7 nitrogen and oxygen atoms in total. The lowest BCUT2D eigenvalue weighted by Crippen LogP contribution is -2.32. The van der Waals surface area contributed by atoms with Crippen LogP contribution in [0.3, 0.4) is 0 Å². The smallest absolute Gasteiger partial charge is 0.268 e. The van der Waals surface area contributed by atoms with Crippen molar-refractivity contribution in [2.75, 3.05) is 0 Å². The minimum Gasteiger partial charge on any atom is -0.289 e. The molecule has 0 bridgehead atoms. The summed E-state index contributed by atoms with van der Waals surface area (Å²) in [7, 11) is 1.89. The SMILES string of the molecule is Cn1nccc1-c1ccc2c(cnn2C(Cc2ccccc2)C(=O)NO)c1. The maximum atomic E-state index is 12.3. The second-order valence-electron chi connectivity index (χ2n) is 6.38. The van der Waals surface area contributed by atoms with Crippen LogP contribution in [-0.4, -0.2) is 30.7 Å². The van der Waals surface area contributed by atoms with Gasteiger partial charge in [0.15, 0.2) is 0 Å². The first-order chi connectivity index (χ1) is 13.2. The monoisotopic (exact) mass is 361 g/mol. The Balaban J connectivity index is 1.74. The van der Waals surface area contributed by atoms with Crippen LogP contribution < -0.4 is 5.48 Å². The zero-order chi connectivity index (χ0) is 18.8. The number of aromatic nitrogens is 4. The Morgan fingerprint density at radius 1 is 1.15 bits per heavy atom. The van der Waals surface area contributed by atoms with Crippen LogP contribution in [0.2, 0.25) is 0 Å². The van der Waals surface area contributed by atoms with Crippen LogP contribution in [0.5, 0.6) is 0 Å². The molecule has 2 N–H and O–H groups in total. The summed E-state index contributed by atoms with van der Waals surface area (Å²) in [6.45, 7) is 0. The van der Waals surface area contributed by atoms with Gasteiger partial charge in [-0.1, -0.05) is 36.4 Å². The second kappa shape index (κ2) is 7.05. The van der Waals surface area contributed by atoms with E-state index in [0.29, 0.717) is 6.42 Å². The molecule has 2 aromatic carbocycles. The van der Waals surface area contributed by atoms with Gasteiger partial charge in [-0.25, -0.2) is 5.48 Å². The molecule has 27 heavy (non-hydrogen) atoms. The largest absolute Gasteiger partial charge is 0.289 e. The standard InChI is InChI=1S/C20H19N5O2/c1-24-17(9-10-21-24)15-7-8-18-16(12-15)13-22-25(18)19(20(26)23-27)11-14-5-3-2-4-6-14/h2-10,12-13,19,27H,11H2,1H3,(H,23,26). The summed E-state index contributed by atoms with van der Waals surface area (Å²) >= 11 is 0. The van der Waals surface area contributed by atoms with E-state index in [-0.39, 0.29) is 0 Å². The number of hydrogen-bond acceptors (Lipinski definition) is 4. The predicted molar refractivity (Wildman–Crippen MR) is 101 cm³/mol. The van der Waals surface area contributed by atoms with Crippen LogP contribution in [0, 0.1) is 0 Å². The van der Waals surface area contributed by atoms with Crippen molar-refractivity contribution in [3.63, 3.8) is 0 Å². The van der Waals surface area contributed by atoms with Crippen LogP contribution in [0.25, 0.3) is 22.2 Å². The van der Waals surface area contributed by atoms with Crippen molar-refractivity contribution in [1.29, 1.82) is 0 Å². The fraction of sp³-hybridized carbons (Fsp3) is 0.150.